The smallest absolute Gasteiger partial charge is 0.266 e. The molecular formula is C23H25F3N4. The van der Waals surface area contributed by atoms with Gasteiger partial charge in [-0.2, -0.15) is 0 Å². The first-order chi connectivity index (χ1) is 14.4. The summed E-state index contributed by atoms with van der Waals surface area (Å²) < 4.78 is 40.8. The first-order valence-electron chi connectivity index (χ1n) is 10.4. The van der Waals surface area contributed by atoms with Crippen molar-refractivity contribution in [2.45, 2.75) is 64.3 Å². The number of aryl methyl sites for hydroxylation is 1. The quantitative estimate of drug-likeness (QED) is 0.509. The number of fused-ring (bicyclic) bond motifs is 1. The lowest BCUT2D eigenvalue weighted by atomic mass is 9.86. The molecule has 4 nitrogen and oxygen atoms in total. The Bertz CT molecular complexity index is 1050. The van der Waals surface area contributed by atoms with Crippen LogP contribution in [-0.4, -0.2) is 15.0 Å². The molecule has 4 rings (SSSR count). The Morgan fingerprint density at radius 1 is 1.07 bits per heavy atom. The van der Waals surface area contributed by atoms with E-state index in [2.05, 4.69) is 20.3 Å². The number of rotatable bonds is 5. The Morgan fingerprint density at radius 3 is 2.53 bits per heavy atom. The third-order valence-corrected chi connectivity index (χ3v) is 5.85. The standard InChI is InChI=1S/C23H25F3N4/c1-13(16-9-6-10-17(21(16)24)22(25)26)28-23-18-11-19(15-7-4-3-5-8-15)27-12-20(18)29-14(2)30-23/h6,9-13,15,22H,3-5,7-8H2,1-2H3,(H,28,29,30). The number of nitrogens with zero attached hydrogens (tertiary/aromatic N) is 3. The number of hydrogen-bond donors (Lipinski definition) is 1. The van der Waals surface area contributed by atoms with Gasteiger partial charge in [0.05, 0.1) is 23.3 Å². The highest BCUT2D eigenvalue weighted by molar-refractivity contribution is 5.89. The van der Waals surface area contributed by atoms with Crippen LogP contribution in [0.2, 0.25) is 0 Å². The molecule has 1 aliphatic carbocycles. The molecule has 2 aromatic heterocycles. The van der Waals surface area contributed by atoms with Crippen molar-refractivity contribution in [3.05, 3.63) is 58.9 Å². The summed E-state index contributed by atoms with van der Waals surface area (Å²) in [6.45, 7) is 3.52. The molecule has 1 saturated carbocycles. The van der Waals surface area contributed by atoms with E-state index in [1.807, 2.05) is 6.07 Å². The second-order valence-electron chi connectivity index (χ2n) is 8.00. The van der Waals surface area contributed by atoms with Crippen LogP contribution < -0.4 is 5.32 Å². The maximum absolute atomic E-state index is 14.6. The van der Waals surface area contributed by atoms with Crippen molar-refractivity contribution in [3.63, 3.8) is 0 Å². The van der Waals surface area contributed by atoms with Crippen LogP contribution in [0.5, 0.6) is 0 Å². The van der Waals surface area contributed by atoms with Gasteiger partial charge in [-0.1, -0.05) is 37.5 Å². The highest BCUT2D eigenvalue weighted by atomic mass is 19.3. The molecule has 158 valence electrons. The predicted octanol–water partition coefficient (Wildman–Crippen LogP) is 6.63. The first kappa shape index (κ1) is 20.6. The highest BCUT2D eigenvalue weighted by Crippen LogP contribution is 2.34. The zero-order valence-electron chi connectivity index (χ0n) is 17.1. The van der Waals surface area contributed by atoms with Crippen LogP contribution in [-0.2, 0) is 0 Å². The van der Waals surface area contributed by atoms with Gasteiger partial charge in [-0.05, 0) is 32.8 Å². The molecule has 1 aromatic carbocycles. The molecule has 0 radical (unpaired) electrons. The van der Waals surface area contributed by atoms with Crippen LogP contribution in [0.15, 0.2) is 30.5 Å². The van der Waals surface area contributed by atoms with Gasteiger partial charge in [0.2, 0.25) is 0 Å². The van der Waals surface area contributed by atoms with Crippen LogP contribution in [0, 0.1) is 12.7 Å². The maximum Gasteiger partial charge on any atom is 0.266 e. The maximum atomic E-state index is 14.6. The number of halogens is 3. The van der Waals surface area contributed by atoms with Gasteiger partial charge in [0.1, 0.15) is 17.5 Å². The van der Waals surface area contributed by atoms with Crippen LogP contribution in [0.25, 0.3) is 10.9 Å². The minimum atomic E-state index is -2.86. The molecule has 3 aromatic rings. The fraction of sp³-hybridized carbons (Fsp3) is 0.435. The summed E-state index contributed by atoms with van der Waals surface area (Å²) in [6.07, 6.45) is 4.82. The number of benzene rings is 1. The zero-order valence-corrected chi connectivity index (χ0v) is 17.1. The third-order valence-electron chi connectivity index (χ3n) is 5.85. The van der Waals surface area contributed by atoms with E-state index < -0.39 is 23.8 Å². The average Bonchev–Trinajstić information content (AvgIpc) is 2.74. The molecule has 1 aliphatic rings. The Morgan fingerprint density at radius 2 is 1.80 bits per heavy atom. The second-order valence-corrected chi connectivity index (χ2v) is 8.00. The molecule has 0 saturated heterocycles. The van der Waals surface area contributed by atoms with Gasteiger partial charge in [0, 0.05) is 22.6 Å². The Hall–Kier alpha value is -2.70. The van der Waals surface area contributed by atoms with Crippen molar-refractivity contribution in [1.82, 2.24) is 15.0 Å². The number of hydrogen-bond acceptors (Lipinski definition) is 4. The summed E-state index contributed by atoms with van der Waals surface area (Å²) in [5.41, 5.74) is 1.32. The van der Waals surface area contributed by atoms with Crippen LogP contribution >= 0.6 is 0 Å². The summed E-state index contributed by atoms with van der Waals surface area (Å²) in [6, 6.07) is 5.55. The van der Waals surface area contributed by atoms with Crippen molar-refractivity contribution >= 4 is 16.7 Å². The van der Waals surface area contributed by atoms with Crippen LogP contribution in [0.1, 0.15) is 80.1 Å². The molecule has 1 N–H and O–H groups in total. The normalized spacial score (nSPS) is 16.2. The molecule has 0 amide bonds. The van der Waals surface area contributed by atoms with Gasteiger partial charge >= 0.3 is 0 Å². The van der Waals surface area contributed by atoms with Gasteiger partial charge in [-0.15, -0.1) is 0 Å². The minimum absolute atomic E-state index is 0.179. The van der Waals surface area contributed by atoms with Gasteiger partial charge in [-0.25, -0.2) is 23.1 Å². The third kappa shape index (κ3) is 4.11. The lowest BCUT2D eigenvalue weighted by Crippen LogP contribution is -2.13. The summed E-state index contributed by atoms with van der Waals surface area (Å²) in [7, 11) is 0. The molecule has 7 heteroatoms. The number of pyridine rings is 1. The van der Waals surface area contributed by atoms with Crippen molar-refractivity contribution in [2.75, 3.05) is 5.32 Å². The van der Waals surface area contributed by atoms with Crippen molar-refractivity contribution in [2.24, 2.45) is 0 Å². The molecule has 30 heavy (non-hydrogen) atoms. The average molecular weight is 414 g/mol. The van der Waals surface area contributed by atoms with Gasteiger partial charge in [0.15, 0.2) is 0 Å². The lowest BCUT2D eigenvalue weighted by molar-refractivity contribution is 0.146. The molecule has 0 aliphatic heterocycles. The van der Waals surface area contributed by atoms with E-state index in [4.69, 9.17) is 0 Å². The number of aromatic nitrogens is 3. The predicted molar refractivity (Wildman–Crippen MR) is 111 cm³/mol. The fourth-order valence-electron chi connectivity index (χ4n) is 4.25. The van der Waals surface area contributed by atoms with Crippen molar-refractivity contribution in [3.8, 4) is 0 Å². The van der Waals surface area contributed by atoms with E-state index in [1.165, 1.54) is 31.4 Å². The highest BCUT2D eigenvalue weighted by Gasteiger charge is 2.21. The van der Waals surface area contributed by atoms with Crippen molar-refractivity contribution < 1.29 is 13.2 Å². The molecule has 0 spiro atoms. The number of alkyl halides is 2. The molecular weight excluding hydrogens is 389 g/mol. The number of anilines is 1. The molecule has 1 unspecified atom stereocenters. The molecule has 1 fully saturated rings. The fourth-order valence-corrected chi connectivity index (χ4v) is 4.25. The van der Waals surface area contributed by atoms with E-state index in [9.17, 15) is 13.2 Å². The lowest BCUT2D eigenvalue weighted by Gasteiger charge is -2.22. The van der Waals surface area contributed by atoms with Gasteiger partial charge < -0.3 is 5.32 Å². The molecule has 2 heterocycles. The molecule has 1 atom stereocenters. The Kier molecular flexibility index (Phi) is 5.88. The topological polar surface area (TPSA) is 50.7 Å². The monoisotopic (exact) mass is 414 g/mol. The van der Waals surface area contributed by atoms with Crippen molar-refractivity contribution in [1.29, 1.82) is 0 Å². The van der Waals surface area contributed by atoms with Crippen LogP contribution in [0.4, 0.5) is 19.0 Å². The zero-order chi connectivity index (χ0) is 21.3. The largest absolute Gasteiger partial charge is 0.363 e. The minimum Gasteiger partial charge on any atom is -0.363 e. The number of nitrogens with one attached hydrogen (secondary N) is 1. The first-order valence-corrected chi connectivity index (χ1v) is 10.4. The van der Waals surface area contributed by atoms with E-state index in [0.717, 1.165) is 30.0 Å². The van der Waals surface area contributed by atoms with Gasteiger partial charge in [0.25, 0.3) is 6.43 Å². The second kappa shape index (κ2) is 8.58. The SMILES string of the molecule is Cc1nc(NC(C)c2cccc(C(F)F)c2F)c2cc(C3CCCCC3)ncc2n1. The van der Waals surface area contributed by atoms with E-state index in [0.29, 0.717) is 23.1 Å². The summed E-state index contributed by atoms with van der Waals surface area (Å²) >= 11 is 0. The molecule has 0 bridgehead atoms. The summed E-state index contributed by atoms with van der Waals surface area (Å²) in [5.74, 6) is 0.666. The van der Waals surface area contributed by atoms with Gasteiger partial charge in [-0.3, -0.25) is 4.98 Å². The summed E-state index contributed by atoms with van der Waals surface area (Å²) in [5, 5.41) is 4.03. The van der Waals surface area contributed by atoms with E-state index >= 15 is 0 Å². The van der Waals surface area contributed by atoms with Crippen LogP contribution in [0.3, 0.4) is 0 Å². The Labute approximate surface area is 174 Å². The van der Waals surface area contributed by atoms with E-state index in [-0.39, 0.29) is 5.56 Å². The Balaban J connectivity index is 1.70. The van der Waals surface area contributed by atoms with E-state index in [1.54, 1.807) is 20.0 Å². The summed E-state index contributed by atoms with van der Waals surface area (Å²) in [4.78, 5) is 13.6.